The molecular formula is C19H21ClN2O3. The first-order chi connectivity index (χ1) is 12.1. The van der Waals surface area contributed by atoms with Crippen molar-refractivity contribution < 1.29 is 14.0 Å². The van der Waals surface area contributed by atoms with E-state index in [-0.39, 0.29) is 17.7 Å². The molecule has 0 radical (unpaired) electrons. The molecule has 1 aromatic carbocycles. The maximum absolute atomic E-state index is 13.1. The molecule has 25 heavy (non-hydrogen) atoms. The second kappa shape index (κ2) is 7.74. The number of carbonyl (C=O) groups is 2. The first-order valence-electron chi connectivity index (χ1n) is 8.55. The van der Waals surface area contributed by atoms with E-state index in [4.69, 9.17) is 16.0 Å². The lowest BCUT2D eigenvalue weighted by Gasteiger charge is -2.35. The Hall–Kier alpha value is -2.27. The number of hydrogen-bond acceptors (Lipinski definition) is 3. The van der Waals surface area contributed by atoms with Crippen molar-refractivity contribution in [2.75, 3.05) is 11.9 Å². The summed E-state index contributed by atoms with van der Waals surface area (Å²) in [6.07, 6.45) is 5.50. The number of amides is 2. The van der Waals surface area contributed by atoms with Gasteiger partial charge in [0.2, 0.25) is 0 Å². The number of halogens is 1. The summed E-state index contributed by atoms with van der Waals surface area (Å²) in [5.41, 5.74) is 0.851. The van der Waals surface area contributed by atoms with Crippen LogP contribution in [0.2, 0.25) is 5.02 Å². The van der Waals surface area contributed by atoms with E-state index in [1.54, 1.807) is 30.3 Å². The molecule has 1 atom stereocenters. The van der Waals surface area contributed by atoms with Crippen LogP contribution in [0, 0.1) is 0 Å². The fraction of sp³-hybridized carbons (Fsp3) is 0.368. The normalized spacial score (nSPS) is 17.4. The van der Waals surface area contributed by atoms with E-state index in [9.17, 15) is 9.59 Å². The lowest BCUT2D eigenvalue weighted by Crippen LogP contribution is -2.43. The van der Waals surface area contributed by atoms with Crippen molar-refractivity contribution in [3.63, 3.8) is 0 Å². The summed E-state index contributed by atoms with van der Waals surface area (Å²) in [6, 6.07) is 8.37. The summed E-state index contributed by atoms with van der Waals surface area (Å²) in [5, 5.41) is 3.22. The first-order valence-corrected chi connectivity index (χ1v) is 8.93. The van der Waals surface area contributed by atoms with Gasteiger partial charge in [-0.2, -0.15) is 0 Å². The fourth-order valence-electron chi connectivity index (χ4n) is 3.24. The fourth-order valence-corrected chi connectivity index (χ4v) is 3.41. The summed E-state index contributed by atoms with van der Waals surface area (Å²) < 4.78 is 5.11. The molecule has 0 saturated carbocycles. The van der Waals surface area contributed by atoms with Crippen LogP contribution in [0.5, 0.6) is 0 Å². The predicted molar refractivity (Wildman–Crippen MR) is 97.1 cm³/mol. The van der Waals surface area contributed by atoms with Gasteiger partial charge in [-0.3, -0.25) is 9.59 Å². The Morgan fingerprint density at radius 3 is 2.88 bits per heavy atom. The van der Waals surface area contributed by atoms with Crippen LogP contribution in [0.1, 0.15) is 53.5 Å². The van der Waals surface area contributed by atoms with Crippen LogP contribution in [-0.2, 0) is 0 Å². The van der Waals surface area contributed by atoms with Gasteiger partial charge in [0.1, 0.15) is 0 Å². The molecule has 2 amide bonds. The number of nitrogens with one attached hydrogen (secondary N) is 1. The maximum atomic E-state index is 13.1. The van der Waals surface area contributed by atoms with Crippen molar-refractivity contribution >= 4 is 29.1 Å². The van der Waals surface area contributed by atoms with Crippen LogP contribution in [0.3, 0.4) is 0 Å². The minimum absolute atomic E-state index is 0.0937. The zero-order valence-electron chi connectivity index (χ0n) is 14.1. The quantitative estimate of drug-likeness (QED) is 0.867. The van der Waals surface area contributed by atoms with E-state index in [0.29, 0.717) is 16.3 Å². The topological polar surface area (TPSA) is 62.6 Å². The monoisotopic (exact) mass is 360 g/mol. The highest BCUT2D eigenvalue weighted by molar-refractivity contribution is 6.31. The van der Waals surface area contributed by atoms with Crippen molar-refractivity contribution in [3.05, 3.63) is 52.9 Å². The molecule has 1 saturated heterocycles. The summed E-state index contributed by atoms with van der Waals surface area (Å²) >= 11 is 6.10. The Morgan fingerprint density at radius 1 is 1.32 bits per heavy atom. The van der Waals surface area contributed by atoms with Crippen LogP contribution in [0.15, 0.2) is 41.0 Å². The van der Waals surface area contributed by atoms with Gasteiger partial charge in [-0.25, -0.2) is 0 Å². The molecule has 132 valence electrons. The van der Waals surface area contributed by atoms with Gasteiger partial charge in [0.25, 0.3) is 11.8 Å². The summed E-state index contributed by atoms with van der Waals surface area (Å²) in [4.78, 5) is 27.3. The summed E-state index contributed by atoms with van der Waals surface area (Å²) in [6.45, 7) is 2.82. The molecule has 0 bridgehead atoms. The summed E-state index contributed by atoms with van der Waals surface area (Å²) in [7, 11) is 0. The highest BCUT2D eigenvalue weighted by Gasteiger charge is 2.28. The molecule has 2 aromatic rings. The van der Waals surface area contributed by atoms with Gasteiger partial charge >= 0.3 is 0 Å². The highest BCUT2D eigenvalue weighted by atomic mass is 35.5. The number of anilines is 1. The highest BCUT2D eigenvalue weighted by Crippen LogP contribution is 2.27. The van der Waals surface area contributed by atoms with Crippen LogP contribution in [0.25, 0.3) is 0 Å². The standard InChI is InChI=1S/C19H21ClN2O3/c1-2-14-6-3-4-10-22(14)19(24)15-12-13(20)8-9-16(15)21-18(23)17-7-5-11-25-17/h5,7-9,11-12,14H,2-4,6,10H2,1H3,(H,21,23)/t14-/m0/s1. The van der Waals surface area contributed by atoms with Crippen molar-refractivity contribution in [2.45, 2.75) is 38.6 Å². The van der Waals surface area contributed by atoms with Crippen LogP contribution >= 0.6 is 11.6 Å². The molecule has 1 aliphatic heterocycles. The van der Waals surface area contributed by atoms with Crippen molar-refractivity contribution in [3.8, 4) is 0 Å². The molecule has 5 nitrogen and oxygen atoms in total. The number of benzene rings is 1. The van der Waals surface area contributed by atoms with E-state index < -0.39 is 5.91 Å². The molecule has 6 heteroatoms. The molecule has 0 unspecified atom stereocenters. The number of carbonyl (C=O) groups excluding carboxylic acids is 2. The smallest absolute Gasteiger partial charge is 0.291 e. The Bertz CT molecular complexity index is 758. The molecule has 0 aliphatic carbocycles. The third kappa shape index (κ3) is 3.87. The predicted octanol–water partition coefficient (Wildman–Crippen LogP) is 4.59. The van der Waals surface area contributed by atoms with E-state index in [1.807, 2.05) is 4.90 Å². The minimum atomic E-state index is -0.396. The first kappa shape index (κ1) is 17.5. The Labute approximate surface area is 151 Å². The second-order valence-corrected chi connectivity index (χ2v) is 6.61. The van der Waals surface area contributed by atoms with E-state index in [1.165, 1.54) is 6.26 Å². The van der Waals surface area contributed by atoms with Crippen molar-refractivity contribution in [1.82, 2.24) is 4.90 Å². The van der Waals surface area contributed by atoms with Gasteiger partial charge < -0.3 is 14.6 Å². The number of nitrogens with zero attached hydrogens (tertiary/aromatic N) is 1. The molecule has 0 spiro atoms. The van der Waals surface area contributed by atoms with Gasteiger partial charge in [0.05, 0.1) is 17.5 Å². The van der Waals surface area contributed by atoms with Crippen LogP contribution in [-0.4, -0.2) is 29.3 Å². The largest absolute Gasteiger partial charge is 0.459 e. The molecule has 2 heterocycles. The van der Waals surface area contributed by atoms with E-state index in [0.717, 1.165) is 32.2 Å². The summed E-state index contributed by atoms with van der Waals surface area (Å²) in [5.74, 6) is -0.298. The van der Waals surface area contributed by atoms with Gasteiger partial charge in [0.15, 0.2) is 5.76 Å². The van der Waals surface area contributed by atoms with Crippen molar-refractivity contribution in [1.29, 1.82) is 0 Å². The molecule has 1 aromatic heterocycles. The number of furan rings is 1. The van der Waals surface area contributed by atoms with E-state index in [2.05, 4.69) is 12.2 Å². The molecule has 1 aliphatic rings. The average Bonchev–Trinajstić information content (AvgIpc) is 3.17. The van der Waals surface area contributed by atoms with E-state index >= 15 is 0 Å². The number of likely N-dealkylation sites (tertiary alicyclic amines) is 1. The Kier molecular flexibility index (Phi) is 5.43. The van der Waals surface area contributed by atoms with Gasteiger partial charge in [-0.05, 0) is 56.0 Å². The van der Waals surface area contributed by atoms with Gasteiger partial charge in [-0.15, -0.1) is 0 Å². The number of hydrogen-bond donors (Lipinski definition) is 1. The second-order valence-electron chi connectivity index (χ2n) is 6.18. The third-order valence-electron chi connectivity index (χ3n) is 4.56. The van der Waals surface area contributed by atoms with Crippen LogP contribution in [0.4, 0.5) is 5.69 Å². The Morgan fingerprint density at radius 2 is 2.16 bits per heavy atom. The van der Waals surface area contributed by atoms with Gasteiger partial charge in [0, 0.05) is 17.6 Å². The molecule has 1 fully saturated rings. The third-order valence-corrected chi connectivity index (χ3v) is 4.80. The molecular weight excluding hydrogens is 340 g/mol. The number of rotatable bonds is 4. The zero-order chi connectivity index (χ0) is 17.8. The lowest BCUT2D eigenvalue weighted by molar-refractivity contribution is 0.0609. The average molecular weight is 361 g/mol. The number of piperidine rings is 1. The van der Waals surface area contributed by atoms with Crippen molar-refractivity contribution in [2.24, 2.45) is 0 Å². The molecule has 3 rings (SSSR count). The molecule has 1 N–H and O–H groups in total. The zero-order valence-corrected chi connectivity index (χ0v) is 14.9. The van der Waals surface area contributed by atoms with Gasteiger partial charge in [-0.1, -0.05) is 18.5 Å². The lowest BCUT2D eigenvalue weighted by atomic mass is 9.98. The SMILES string of the molecule is CC[C@H]1CCCCN1C(=O)c1cc(Cl)ccc1NC(=O)c1ccco1. The Balaban J connectivity index is 1.88. The maximum Gasteiger partial charge on any atom is 0.291 e. The minimum Gasteiger partial charge on any atom is -0.459 e. The van der Waals surface area contributed by atoms with Crippen LogP contribution < -0.4 is 5.32 Å².